The molecule has 0 fully saturated rings. The minimum atomic E-state index is -0.987. The second-order valence-corrected chi connectivity index (χ2v) is 4.53. The van der Waals surface area contributed by atoms with Crippen LogP contribution in [0.25, 0.3) is 0 Å². The molecule has 0 aliphatic rings. The summed E-state index contributed by atoms with van der Waals surface area (Å²) in [6.07, 6.45) is 0.791. The Morgan fingerprint density at radius 1 is 0.783 bits per heavy atom. The number of hydrazine groups is 1. The summed E-state index contributed by atoms with van der Waals surface area (Å²) >= 11 is 0. The minimum Gasteiger partial charge on any atom is -0.503 e. The maximum absolute atomic E-state index is 11.8. The molecule has 116 valence electrons. The maximum atomic E-state index is 11.8. The molecular formula is C17H14N2O4. The van der Waals surface area contributed by atoms with E-state index in [-0.39, 0.29) is 0 Å². The number of benzene rings is 2. The lowest BCUT2D eigenvalue weighted by molar-refractivity contribution is -0.120. The van der Waals surface area contributed by atoms with Gasteiger partial charge in [-0.15, -0.1) is 0 Å². The first-order valence-electron chi connectivity index (χ1n) is 6.73. The second-order valence-electron chi connectivity index (χ2n) is 4.53. The maximum Gasteiger partial charge on any atom is 0.304 e. The molecule has 0 saturated carbocycles. The molecular weight excluding hydrogens is 296 g/mol. The van der Waals surface area contributed by atoms with Crippen molar-refractivity contribution in [3.63, 3.8) is 0 Å². The minimum absolute atomic E-state index is 0.333. The highest BCUT2D eigenvalue weighted by molar-refractivity contribution is 6.09. The zero-order valence-electron chi connectivity index (χ0n) is 12.0. The molecule has 0 aromatic heterocycles. The van der Waals surface area contributed by atoms with E-state index >= 15 is 0 Å². The molecule has 0 saturated heterocycles. The van der Waals surface area contributed by atoms with Gasteiger partial charge in [0.25, 0.3) is 5.91 Å². The molecule has 0 radical (unpaired) electrons. The SMILES string of the molecule is O=C(NNC(=O)c1ccccc1)/C(O)=C/C(=O)c1ccccc1. The van der Waals surface area contributed by atoms with E-state index in [0.717, 1.165) is 6.08 Å². The lowest BCUT2D eigenvalue weighted by Crippen LogP contribution is -2.42. The first kappa shape index (κ1) is 16.0. The van der Waals surface area contributed by atoms with Crippen molar-refractivity contribution in [3.05, 3.63) is 83.6 Å². The Balaban J connectivity index is 1.94. The molecule has 0 aliphatic carbocycles. The van der Waals surface area contributed by atoms with Crippen LogP contribution in [0.1, 0.15) is 20.7 Å². The van der Waals surface area contributed by atoms with Gasteiger partial charge in [-0.25, -0.2) is 0 Å². The number of aliphatic hydroxyl groups excluding tert-OH is 1. The van der Waals surface area contributed by atoms with Crippen molar-refractivity contribution in [2.75, 3.05) is 0 Å². The third kappa shape index (κ3) is 4.53. The molecule has 0 aliphatic heterocycles. The van der Waals surface area contributed by atoms with Crippen LogP contribution in [-0.4, -0.2) is 22.7 Å². The summed E-state index contributed by atoms with van der Waals surface area (Å²) in [5, 5.41) is 9.61. The number of allylic oxidation sites excluding steroid dienone is 1. The summed E-state index contributed by atoms with van der Waals surface area (Å²) in [5.74, 6) is -2.85. The Hall–Kier alpha value is -3.41. The van der Waals surface area contributed by atoms with Gasteiger partial charge in [0.15, 0.2) is 11.5 Å². The van der Waals surface area contributed by atoms with E-state index < -0.39 is 23.4 Å². The molecule has 2 amide bonds. The van der Waals surface area contributed by atoms with Crippen molar-refractivity contribution in [1.29, 1.82) is 0 Å². The van der Waals surface area contributed by atoms with Gasteiger partial charge in [-0.3, -0.25) is 25.2 Å². The van der Waals surface area contributed by atoms with Gasteiger partial charge in [-0.1, -0.05) is 48.5 Å². The van der Waals surface area contributed by atoms with E-state index in [1.165, 1.54) is 0 Å². The summed E-state index contributed by atoms with van der Waals surface area (Å²) in [6, 6.07) is 16.4. The van der Waals surface area contributed by atoms with Crippen molar-refractivity contribution >= 4 is 17.6 Å². The van der Waals surface area contributed by atoms with Gasteiger partial charge >= 0.3 is 5.91 Å². The van der Waals surface area contributed by atoms with E-state index in [0.29, 0.717) is 11.1 Å². The summed E-state index contributed by atoms with van der Waals surface area (Å²) < 4.78 is 0. The van der Waals surface area contributed by atoms with Crippen LogP contribution in [0.5, 0.6) is 0 Å². The van der Waals surface area contributed by atoms with Gasteiger partial charge in [0.2, 0.25) is 0 Å². The third-order valence-electron chi connectivity index (χ3n) is 2.88. The van der Waals surface area contributed by atoms with E-state index in [4.69, 9.17) is 0 Å². The molecule has 0 bridgehead atoms. The molecule has 2 aromatic carbocycles. The Morgan fingerprint density at radius 2 is 1.30 bits per heavy atom. The zero-order chi connectivity index (χ0) is 16.7. The molecule has 3 N–H and O–H groups in total. The summed E-state index contributed by atoms with van der Waals surface area (Å²) in [4.78, 5) is 35.2. The standard InChI is InChI=1S/C17H14N2O4/c20-14(12-7-3-1-4-8-12)11-15(21)17(23)19-18-16(22)13-9-5-2-6-10-13/h1-11,21H,(H,18,22)(H,19,23)/b15-11-. The lowest BCUT2D eigenvalue weighted by atomic mass is 10.1. The van der Waals surface area contributed by atoms with Gasteiger partial charge in [0, 0.05) is 17.2 Å². The van der Waals surface area contributed by atoms with Crippen LogP contribution in [0.4, 0.5) is 0 Å². The predicted molar refractivity (Wildman–Crippen MR) is 83.5 cm³/mol. The topological polar surface area (TPSA) is 95.5 Å². The second kappa shape index (κ2) is 7.56. The number of amides is 2. The van der Waals surface area contributed by atoms with Gasteiger partial charge in [-0.05, 0) is 12.1 Å². The fourth-order valence-corrected chi connectivity index (χ4v) is 1.71. The monoisotopic (exact) mass is 310 g/mol. The predicted octanol–water partition coefficient (Wildman–Crippen LogP) is 1.77. The number of hydrogen-bond acceptors (Lipinski definition) is 4. The number of aliphatic hydroxyl groups is 1. The molecule has 0 heterocycles. The van der Waals surface area contributed by atoms with E-state index in [1.54, 1.807) is 60.7 Å². The first-order valence-corrected chi connectivity index (χ1v) is 6.73. The highest BCUT2D eigenvalue weighted by Crippen LogP contribution is 2.03. The quantitative estimate of drug-likeness (QED) is 0.347. The van der Waals surface area contributed by atoms with Crippen molar-refractivity contribution in [1.82, 2.24) is 10.9 Å². The molecule has 2 rings (SSSR count). The Morgan fingerprint density at radius 3 is 1.87 bits per heavy atom. The summed E-state index contributed by atoms with van der Waals surface area (Å²) in [5.41, 5.74) is 4.85. The van der Waals surface area contributed by atoms with Crippen molar-refractivity contribution in [2.24, 2.45) is 0 Å². The molecule has 0 atom stereocenters. The number of ketones is 1. The van der Waals surface area contributed by atoms with Crippen LogP contribution in [0.15, 0.2) is 72.5 Å². The van der Waals surface area contributed by atoms with Gasteiger partial charge in [-0.2, -0.15) is 0 Å². The Kier molecular flexibility index (Phi) is 5.25. The number of carbonyl (C=O) groups excluding carboxylic acids is 3. The molecule has 23 heavy (non-hydrogen) atoms. The first-order chi connectivity index (χ1) is 11.1. The van der Waals surface area contributed by atoms with Crippen LogP contribution in [0.2, 0.25) is 0 Å². The van der Waals surface area contributed by atoms with Crippen LogP contribution < -0.4 is 10.9 Å². The fourth-order valence-electron chi connectivity index (χ4n) is 1.71. The average molecular weight is 310 g/mol. The number of carbonyl (C=O) groups is 3. The molecule has 0 spiro atoms. The normalized spacial score (nSPS) is 10.7. The smallest absolute Gasteiger partial charge is 0.304 e. The van der Waals surface area contributed by atoms with E-state index in [9.17, 15) is 19.5 Å². The molecule has 6 heteroatoms. The van der Waals surface area contributed by atoms with Crippen LogP contribution in [-0.2, 0) is 4.79 Å². The van der Waals surface area contributed by atoms with Crippen LogP contribution in [0.3, 0.4) is 0 Å². The fraction of sp³-hybridized carbons (Fsp3) is 0. The summed E-state index contributed by atoms with van der Waals surface area (Å²) in [7, 11) is 0. The summed E-state index contributed by atoms with van der Waals surface area (Å²) in [6.45, 7) is 0. The van der Waals surface area contributed by atoms with Gasteiger partial charge in [0.05, 0.1) is 0 Å². The van der Waals surface area contributed by atoms with Crippen LogP contribution in [0, 0.1) is 0 Å². The zero-order valence-corrected chi connectivity index (χ0v) is 12.0. The largest absolute Gasteiger partial charge is 0.503 e. The van der Waals surface area contributed by atoms with E-state index in [1.807, 2.05) is 5.43 Å². The van der Waals surface area contributed by atoms with Crippen LogP contribution >= 0.6 is 0 Å². The Bertz CT molecular complexity index is 740. The number of hydrogen-bond donors (Lipinski definition) is 3. The molecule has 2 aromatic rings. The van der Waals surface area contributed by atoms with Gasteiger partial charge < -0.3 is 5.11 Å². The van der Waals surface area contributed by atoms with Crippen molar-refractivity contribution in [2.45, 2.75) is 0 Å². The van der Waals surface area contributed by atoms with Gasteiger partial charge in [0.1, 0.15) is 0 Å². The number of nitrogens with one attached hydrogen (secondary N) is 2. The Labute approximate surface area is 132 Å². The number of rotatable bonds is 4. The third-order valence-corrected chi connectivity index (χ3v) is 2.88. The molecule has 6 nitrogen and oxygen atoms in total. The highest BCUT2D eigenvalue weighted by atomic mass is 16.3. The van der Waals surface area contributed by atoms with E-state index in [2.05, 4.69) is 5.43 Å². The lowest BCUT2D eigenvalue weighted by Gasteiger charge is -2.06. The van der Waals surface area contributed by atoms with Crippen molar-refractivity contribution in [3.8, 4) is 0 Å². The highest BCUT2D eigenvalue weighted by Gasteiger charge is 2.12. The van der Waals surface area contributed by atoms with Crippen molar-refractivity contribution < 1.29 is 19.5 Å². The molecule has 0 unspecified atom stereocenters. The average Bonchev–Trinajstić information content (AvgIpc) is 2.60.